The molecule has 0 bridgehead atoms. The summed E-state index contributed by atoms with van der Waals surface area (Å²) < 4.78 is 36.2. The average molecular weight is 533 g/mol. The number of alkyl halides is 2. The Morgan fingerprint density at radius 2 is 2.00 bits per heavy atom. The van der Waals surface area contributed by atoms with Gasteiger partial charge in [0.15, 0.2) is 11.5 Å². The normalized spacial score (nSPS) is 19.9. The molecule has 206 valence electrons. The van der Waals surface area contributed by atoms with Crippen molar-refractivity contribution in [2.45, 2.75) is 57.9 Å². The van der Waals surface area contributed by atoms with Gasteiger partial charge in [-0.2, -0.15) is 8.78 Å². The number of hydrogen-bond acceptors (Lipinski definition) is 7. The van der Waals surface area contributed by atoms with Crippen LogP contribution in [0.15, 0.2) is 36.5 Å². The Kier molecular flexibility index (Phi) is 9.11. The molecule has 11 heteroatoms. The topological polar surface area (TPSA) is 113 Å². The number of benzene rings is 1. The Hall–Kier alpha value is -3.31. The zero-order valence-electron chi connectivity index (χ0n) is 21.5. The van der Waals surface area contributed by atoms with Crippen molar-refractivity contribution in [2.24, 2.45) is 5.92 Å². The van der Waals surface area contributed by atoms with Crippen LogP contribution in [0, 0.1) is 5.92 Å². The number of carbonyl (C=O) groups is 2. The van der Waals surface area contributed by atoms with Gasteiger partial charge < -0.3 is 24.8 Å². The second kappa shape index (κ2) is 12.5. The number of halogens is 2. The molecule has 2 fully saturated rings. The number of ether oxygens (including phenoxy) is 2. The molecule has 38 heavy (non-hydrogen) atoms. The highest BCUT2D eigenvalue weighted by atomic mass is 19.3. The molecule has 2 aromatic rings. The predicted octanol–water partition coefficient (Wildman–Crippen LogP) is 3.21. The Balaban J connectivity index is 1.41. The van der Waals surface area contributed by atoms with Crippen molar-refractivity contribution < 1.29 is 33.0 Å². The van der Waals surface area contributed by atoms with Gasteiger partial charge >= 0.3 is 6.61 Å². The van der Waals surface area contributed by atoms with E-state index in [1.165, 1.54) is 25.3 Å². The van der Waals surface area contributed by atoms with E-state index in [4.69, 9.17) is 4.74 Å². The molecule has 1 saturated heterocycles. The molecule has 4 rings (SSSR count). The van der Waals surface area contributed by atoms with Gasteiger partial charge in [0, 0.05) is 43.7 Å². The molecule has 1 aromatic heterocycles. The highest BCUT2D eigenvalue weighted by Crippen LogP contribution is 2.38. The van der Waals surface area contributed by atoms with Crippen molar-refractivity contribution in [3.05, 3.63) is 53.3 Å². The molecule has 0 spiro atoms. The van der Waals surface area contributed by atoms with Crippen LogP contribution in [0.1, 0.15) is 66.9 Å². The summed E-state index contributed by atoms with van der Waals surface area (Å²) >= 11 is 0. The number of aliphatic hydroxyl groups is 1. The SMILES string of the molecule is CCNC(O)c1ccc(C(=O)NC[C@H]2C[C@@H](c3ccc(OC(F)F)c(OCC4CC4)c3)CN2C(C)=O)nc1. The third-order valence-electron chi connectivity index (χ3n) is 6.88. The lowest BCUT2D eigenvalue weighted by Gasteiger charge is -2.23. The van der Waals surface area contributed by atoms with E-state index in [-0.39, 0.29) is 47.5 Å². The monoisotopic (exact) mass is 532 g/mol. The van der Waals surface area contributed by atoms with Crippen molar-refractivity contribution in [3.8, 4) is 11.5 Å². The number of aromatic nitrogens is 1. The van der Waals surface area contributed by atoms with Crippen LogP contribution in [0.5, 0.6) is 11.5 Å². The number of hydrogen-bond donors (Lipinski definition) is 3. The van der Waals surface area contributed by atoms with Gasteiger partial charge in [-0.05, 0) is 55.5 Å². The molecule has 1 unspecified atom stereocenters. The standard InChI is InChI=1S/C27H34F2N4O5/c1-3-30-25(35)19-6-8-22(31-12-19)26(36)32-13-21-10-20(14-33(21)16(2)34)18-7-9-23(38-27(28)29)24(11-18)37-15-17-4-5-17/h6-9,11-12,17,20-21,25,27,30,35H,3-5,10,13-15H2,1-2H3,(H,32,36)/t20-,21-,25?/m1/s1. The van der Waals surface area contributed by atoms with Crippen LogP contribution < -0.4 is 20.1 Å². The minimum absolute atomic E-state index is 0.00820. The number of amides is 2. The Bertz CT molecular complexity index is 1110. The molecule has 2 amide bonds. The zero-order valence-corrected chi connectivity index (χ0v) is 21.5. The van der Waals surface area contributed by atoms with Gasteiger partial charge in [0.05, 0.1) is 6.61 Å². The molecule has 2 heterocycles. The molecule has 0 radical (unpaired) electrons. The summed E-state index contributed by atoms with van der Waals surface area (Å²) in [6.07, 6.45) is 3.29. The van der Waals surface area contributed by atoms with Crippen LogP contribution >= 0.6 is 0 Å². The van der Waals surface area contributed by atoms with Crippen LogP contribution in [0.3, 0.4) is 0 Å². The molecule has 9 nitrogen and oxygen atoms in total. The van der Waals surface area contributed by atoms with E-state index in [2.05, 4.69) is 20.4 Å². The van der Waals surface area contributed by atoms with E-state index >= 15 is 0 Å². The van der Waals surface area contributed by atoms with E-state index < -0.39 is 12.8 Å². The highest BCUT2D eigenvalue weighted by Gasteiger charge is 2.35. The van der Waals surface area contributed by atoms with E-state index in [1.54, 1.807) is 23.1 Å². The molecule has 2 aliphatic rings. The van der Waals surface area contributed by atoms with Crippen molar-refractivity contribution in [3.63, 3.8) is 0 Å². The van der Waals surface area contributed by atoms with Crippen molar-refractivity contribution >= 4 is 11.8 Å². The first kappa shape index (κ1) is 27.7. The summed E-state index contributed by atoms with van der Waals surface area (Å²) in [5.41, 5.74) is 1.61. The number of nitrogens with one attached hydrogen (secondary N) is 2. The van der Waals surface area contributed by atoms with Gasteiger partial charge in [-0.3, -0.25) is 19.9 Å². The molecule has 1 aliphatic heterocycles. The average Bonchev–Trinajstić information content (AvgIpc) is 3.62. The highest BCUT2D eigenvalue weighted by molar-refractivity contribution is 5.92. The lowest BCUT2D eigenvalue weighted by atomic mass is 9.96. The molecule has 3 atom stereocenters. The summed E-state index contributed by atoms with van der Waals surface area (Å²) in [5, 5.41) is 15.7. The van der Waals surface area contributed by atoms with Gasteiger partial charge in [-0.15, -0.1) is 0 Å². The molecule has 3 N–H and O–H groups in total. The van der Waals surface area contributed by atoms with Gasteiger partial charge in [0.25, 0.3) is 5.91 Å². The van der Waals surface area contributed by atoms with E-state index in [0.29, 0.717) is 37.6 Å². The summed E-state index contributed by atoms with van der Waals surface area (Å²) in [5.74, 6) is 0.144. The Labute approximate surface area is 220 Å². The number of nitrogens with zero attached hydrogens (tertiary/aromatic N) is 2. The van der Waals surface area contributed by atoms with Gasteiger partial charge in [-0.25, -0.2) is 0 Å². The van der Waals surface area contributed by atoms with Crippen LogP contribution in [-0.2, 0) is 4.79 Å². The summed E-state index contributed by atoms with van der Waals surface area (Å²) in [6, 6.07) is 7.85. The number of carbonyl (C=O) groups excluding carboxylic acids is 2. The Morgan fingerprint density at radius 1 is 1.21 bits per heavy atom. The lowest BCUT2D eigenvalue weighted by Crippen LogP contribution is -2.42. The molecule has 1 saturated carbocycles. The van der Waals surface area contributed by atoms with Crippen LogP contribution in [0.2, 0.25) is 0 Å². The Morgan fingerprint density at radius 3 is 2.63 bits per heavy atom. The molecule has 1 aliphatic carbocycles. The van der Waals surface area contributed by atoms with Gasteiger partial charge in [-0.1, -0.05) is 19.1 Å². The van der Waals surface area contributed by atoms with Crippen molar-refractivity contribution in [1.82, 2.24) is 20.5 Å². The van der Waals surface area contributed by atoms with Crippen LogP contribution in [0.25, 0.3) is 0 Å². The van der Waals surface area contributed by atoms with Crippen LogP contribution in [-0.4, -0.2) is 65.7 Å². The quantitative estimate of drug-likeness (QED) is 0.360. The fraction of sp³-hybridized carbons (Fsp3) is 0.519. The first-order valence-electron chi connectivity index (χ1n) is 12.9. The maximum absolute atomic E-state index is 12.9. The second-order valence-corrected chi connectivity index (χ2v) is 9.74. The third kappa shape index (κ3) is 7.16. The minimum atomic E-state index is -2.96. The fourth-order valence-corrected chi connectivity index (χ4v) is 4.63. The van der Waals surface area contributed by atoms with Crippen molar-refractivity contribution in [1.29, 1.82) is 0 Å². The van der Waals surface area contributed by atoms with E-state index in [1.807, 2.05) is 6.92 Å². The zero-order chi connectivity index (χ0) is 27.2. The summed E-state index contributed by atoms with van der Waals surface area (Å²) in [4.78, 5) is 30.9. The molecular weight excluding hydrogens is 498 g/mol. The van der Waals surface area contributed by atoms with E-state index in [9.17, 15) is 23.5 Å². The number of aliphatic hydroxyl groups excluding tert-OH is 1. The maximum Gasteiger partial charge on any atom is 0.387 e. The molecular formula is C27H34F2N4O5. The number of likely N-dealkylation sites (tertiary alicyclic amines) is 1. The minimum Gasteiger partial charge on any atom is -0.489 e. The van der Waals surface area contributed by atoms with Gasteiger partial charge in [0.1, 0.15) is 11.9 Å². The first-order chi connectivity index (χ1) is 18.2. The van der Waals surface area contributed by atoms with Crippen LogP contribution in [0.4, 0.5) is 8.78 Å². The van der Waals surface area contributed by atoms with Gasteiger partial charge in [0.2, 0.25) is 5.91 Å². The number of rotatable bonds is 12. The lowest BCUT2D eigenvalue weighted by molar-refractivity contribution is -0.129. The summed E-state index contributed by atoms with van der Waals surface area (Å²) in [6.45, 7) is 2.09. The second-order valence-electron chi connectivity index (χ2n) is 9.74. The van der Waals surface area contributed by atoms with E-state index in [0.717, 1.165) is 18.4 Å². The largest absolute Gasteiger partial charge is 0.489 e. The predicted molar refractivity (Wildman–Crippen MR) is 135 cm³/mol. The van der Waals surface area contributed by atoms with Crippen molar-refractivity contribution in [2.75, 3.05) is 26.2 Å². The fourth-order valence-electron chi connectivity index (χ4n) is 4.63. The summed E-state index contributed by atoms with van der Waals surface area (Å²) in [7, 11) is 0. The number of pyridine rings is 1. The smallest absolute Gasteiger partial charge is 0.387 e. The maximum atomic E-state index is 12.9. The molecule has 1 aromatic carbocycles. The third-order valence-corrected chi connectivity index (χ3v) is 6.88. The first-order valence-corrected chi connectivity index (χ1v) is 12.9.